The predicted octanol–water partition coefficient (Wildman–Crippen LogP) is 1.79. The maximum absolute atomic E-state index is 10.4. The van der Waals surface area contributed by atoms with Crippen LogP contribution in [0, 0.1) is 0 Å². The molecular formula is C8H14O3. The molecule has 0 aliphatic carbocycles. The summed E-state index contributed by atoms with van der Waals surface area (Å²) < 4.78 is 4.91. The zero-order chi connectivity index (χ0) is 8.85. The van der Waals surface area contributed by atoms with Crippen LogP contribution in [0.2, 0.25) is 0 Å². The van der Waals surface area contributed by atoms with Crippen LogP contribution in [-0.4, -0.2) is 18.2 Å². The SMILES string of the molecule is CCC/C(OC)=C(/C)C(=O)O. The van der Waals surface area contributed by atoms with Crippen molar-refractivity contribution >= 4 is 5.97 Å². The van der Waals surface area contributed by atoms with E-state index in [1.165, 1.54) is 7.11 Å². The normalized spacial score (nSPS) is 12.3. The quantitative estimate of drug-likeness (QED) is 0.501. The maximum atomic E-state index is 10.4. The minimum absolute atomic E-state index is 0.300. The molecule has 0 atom stereocenters. The van der Waals surface area contributed by atoms with Gasteiger partial charge in [0, 0.05) is 6.42 Å². The molecule has 0 aromatic carbocycles. The number of aliphatic carboxylic acids is 1. The van der Waals surface area contributed by atoms with E-state index in [0.29, 0.717) is 17.8 Å². The molecule has 0 amide bonds. The number of carbonyl (C=O) groups is 1. The Kier molecular flexibility index (Phi) is 4.34. The first-order chi connectivity index (χ1) is 5.13. The summed E-state index contributed by atoms with van der Waals surface area (Å²) in [6, 6.07) is 0. The van der Waals surface area contributed by atoms with E-state index in [0.717, 1.165) is 6.42 Å². The second kappa shape index (κ2) is 4.77. The Morgan fingerprint density at radius 3 is 2.36 bits per heavy atom. The lowest BCUT2D eigenvalue weighted by molar-refractivity contribution is -0.132. The summed E-state index contributed by atoms with van der Waals surface area (Å²) in [4.78, 5) is 10.4. The molecule has 0 aliphatic rings. The third-order valence-electron chi connectivity index (χ3n) is 1.46. The van der Waals surface area contributed by atoms with Gasteiger partial charge < -0.3 is 9.84 Å². The zero-order valence-electron chi connectivity index (χ0n) is 7.18. The Morgan fingerprint density at radius 2 is 2.09 bits per heavy atom. The summed E-state index contributed by atoms with van der Waals surface area (Å²) in [6.45, 7) is 3.53. The van der Waals surface area contributed by atoms with Gasteiger partial charge in [0.1, 0.15) is 5.76 Å². The largest absolute Gasteiger partial charge is 0.501 e. The average Bonchev–Trinajstić information content (AvgIpc) is 1.98. The van der Waals surface area contributed by atoms with Gasteiger partial charge in [-0.15, -0.1) is 0 Å². The molecular weight excluding hydrogens is 144 g/mol. The highest BCUT2D eigenvalue weighted by molar-refractivity contribution is 5.86. The van der Waals surface area contributed by atoms with Crippen LogP contribution >= 0.6 is 0 Å². The smallest absolute Gasteiger partial charge is 0.334 e. The second-order valence-electron chi connectivity index (χ2n) is 2.31. The molecule has 0 aliphatic heterocycles. The van der Waals surface area contributed by atoms with Crippen LogP contribution in [0.4, 0.5) is 0 Å². The van der Waals surface area contributed by atoms with Crippen LogP contribution in [-0.2, 0) is 9.53 Å². The lowest BCUT2D eigenvalue weighted by atomic mass is 10.2. The van der Waals surface area contributed by atoms with E-state index >= 15 is 0 Å². The number of hydrogen-bond donors (Lipinski definition) is 1. The molecule has 0 spiro atoms. The van der Waals surface area contributed by atoms with Crippen LogP contribution in [0.1, 0.15) is 26.7 Å². The molecule has 1 N–H and O–H groups in total. The number of carboxylic acids is 1. The van der Waals surface area contributed by atoms with Crippen molar-refractivity contribution in [3.63, 3.8) is 0 Å². The van der Waals surface area contributed by atoms with E-state index in [1.807, 2.05) is 6.92 Å². The van der Waals surface area contributed by atoms with E-state index in [-0.39, 0.29) is 0 Å². The maximum Gasteiger partial charge on any atom is 0.334 e. The molecule has 0 radical (unpaired) electrons. The van der Waals surface area contributed by atoms with Gasteiger partial charge in [0.25, 0.3) is 0 Å². The van der Waals surface area contributed by atoms with Crippen molar-refractivity contribution < 1.29 is 14.6 Å². The highest BCUT2D eigenvalue weighted by atomic mass is 16.5. The molecule has 0 unspecified atom stereocenters. The van der Waals surface area contributed by atoms with Gasteiger partial charge >= 0.3 is 5.97 Å². The zero-order valence-corrected chi connectivity index (χ0v) is 7.18. The van der Waals surface area contributed by atoms with Crippen LogP contribution < -0.4 is 0 Å². The number of allylic oxidation sites excluding steroid dienone is 1. The highest BCUT2D eigenvalue weighted by Crippen LogP contribution is 2.11. The molecule has 0 bridgehead atoms. The molecule has 11 heavy (non-hydrogen) atoms. The third kappa shape index (κ3) is 3.07. The third-order valence-corrected chi connectivity index (χ3v) is 1.46. The molecule has 0 fully saturated rings. The van der Waals surface area contributed by atoms with E-state index < -0.39 is 5.97 Å². The number of ether oxygens (including phenoxy) is 1. The first-order valence-electron chi connectivity index (χ1n) is 3.60. The Morgan fingerprint density at radius 1 is 1.55 bits per heavy atom. The standard InChI is InChI=1S/C8H14O3/c1-4-5-7(11-3)6(2)8(9)10/h4-5H2,1-3H3,(H,9,10)/b7-6+. The highest BCUT2D eigenvalue weighted by Gasteiger charge is 2.07. The summed E-state index contributed by atoms with van der Waals surface area (Å²) in [5.74, 6) is -0.338. The summed E-state index contributed by atoms with van der Waals surface area (Å²) in [5.41, 5.74) is 0.300. The molecule has 3 heteroatoms. The average molecular weight is 158 g/mol. The van der Waals surface area contributed by atoms with Crippen molar-refractivity contribution in [2.24, 2.45) is 0 Å². The van der Waals surface area contributed by atoms with Gasteiger partial charge in [-0.05, 0) is 13.3 Å². The lowest BCUT2D eigenvalue weighted by Gasteiger charge is -2.05. The molecule has 0 saturated carbocycles. The first kappa shape index (κ1) is 10.0. The van der Waals surface area contributed by atoms with Gasteiger partial charge in [-0.1, -0.05) is 6.92 Å². The number of carboxylic acid groups (broad SMARTS) is 1. The van der Waals surface area contributed by atoms with E-state index in [9.17, 15) is 4.79 Å². The van der Waals surface area contributed by atoms with Crippen molar-refractivity contribution in [1.82, 2.24) is 0 Å². The van der Waals surface area contributed by atoms with Crippen molar-refractivity contribution in [1.29, 1.82) is 0 Å². The number of rotatable bonds is 4. The first-order valence-corrected chi connectivity index (χ1v) is 3.60. The lowest BCUT2D eigenvalue weighted by Crippen LogP contribution is -2.02. The van der Waals surface area contributed by atoms with E-state index in [4.69, 9.17) is 9.84 Å². The monoisotopic (exact) mass is 158 g/mol. The van der Waals surface area contributed by atoms with Gasteiger partial charge in [-0.2, -0.15) is 0 Å². The van der Waals surface area contributed by atoms with Gasteiger partial charge in [-0.25, -0.2) is 4.79 Å². The molecule has 0 aromatic heterocycles. The van der Waals surface area contributed by atoms with Crippen LogP contribution in [0.5, 0.6) is 0 Å². The fourth-order valence-corrected chi connectivity index (χ4v) is 0.789. The van der Waals surface area contributed by atoms with Crippen molar-refractivity contribution in [2.75, 3.05) is 7.11 Å². The van der Waals surface area contributed by atoms with Crippen LogP contribution in [0.3, 0.4) is 0 Å². The Labute approximate surface area is 66.7 Å². The van der Waals surface area contributed by atoms with Gasteiger partial charge in [0.2, 0.25) is 0 Å². The van der Waals surface area contributed by atoms with E-state index in [1.54, 1.807) is 6.92 Å². The summed E-state index contributed by atoms with van der Waals surface area (Å²) >= 11 is 0. The summed E-state index contributed by atoms with van der Waals surface area (Å²) in [5, 5.41) is 8.57. The molecule has 0 aromatic rings. The molecule has 0 heterocycles. The van der Waals surface area contributed by atoms with Crippen molar-refractivity contribution in [2.45, 2.75) is 26.7 Å². The topological polar surface area (TPSA) is 46.5 Å². The fourth-order valence-electron chi connectivity index (χ4n) is 0.789. The molecule has 0 rings (SSSR count). The van der Waals surface area contributed by atoms with E-state index in [2.05, 4.69) is 0 Å². The minimum atomic E-state index is -0.907. The van der Waals surface area contributed by atoms with Crippen LogP contribution in [0.25, 0.3) is 0 Å². The fraction of sp³-hybridized carbons (Fsp3) is 0.625. The number of methoxy groups -OCH3 is 1. The Balaban J connectivity index is 4.39. The molecule has 3 nitrogen and oxygen atoms in total. The number of hydrogen-bond acceptors (Lipinski definition) is 2. The second-order valence-corrected chi connectivity index (χ2v) is 2.31. The summed E-state index contributed by atoms with van der Waals surface area (Å²) in [7, 11) is 1.50. The Hall–Kier alpha value is -0.990. The molecule has 64 valence electrons. The predicted molar refractivity (Wildman–Crippen MR) is 42.3 cm³/mol. The van der Waals surface area contributed by atoms with Gasteiger partial charge in [0.15, 0.2) is 0 Å². The summed E-state index contributed by atoms with van der Waals surface area (Å²) in [6.07, 6.45) is 1.59. The minimum Gasteiger partial charge on any atom is -0.501 e. The van der Waals surface area contributed by atoms with Crippen LogP contribution in [0.15, 0.2) is 11.3 Å². The van der Waals surface area contributed by atoms with Crippen molar-refractivity contribution in [3.8, 4) is 0 Å². The van der Waals surface area contributed by atoms with Gasteiger partial charge in [0.05, 0.1) is 12.7 Å². The van der Waals surface area contributed by atoms with Gasteiger partial charge in [-0.3, -0.25) is 0 Å². The molecule has 0 saturated heterocycles. The Bertz CT molecular complexity index is 170. The van der Waals surface area contributed by atoms with Crippen molar-refractivity contribution in [3.05, 3.63) is 11.3 Å².